The molecule has 0 spiro atoms. The van der Waals surface area contributed by atoms with Crippen LogP contribution in [0.25, 0.3) is 20.7 Å². The summed E-state index contributed by atoms with van der Waals surface area (Å²) in [7, 11) is 0. The Kier molecular flexibility index (Phi) is 3.91. The molecule has 0 saturated carbocycles. The van der Waals surface area contributed by atoms with Crippen LogP contribution >= 0.6 is 11.3 Å². The average Bonchev–Trinajstić information content (AvgIpc) is 3.15. The third-order valence-electron chi connectivity index (χ3n) is 4.18. The maximum absolute atomic E-state index is 13.1. The number of thiophene rings is 1. The van der Waals surface area contributed by atoms with E-state index in [-0.39, 0.29) is 17.5 Å². The van der Waals surface area contributed by atoms with Crippen LogP contribution < -0.4 is 5.56 Å². The molecule has 7 heteroatoms. The van der Waals surface area contributed by atoms with E-state index in [0.717, 1.165) is 23.4 Å². The Bertz CT molecular complexity index is 935. The Morgan fingerprint density at radius 3 is 2.88 bits per heavy atom. The van der Waals surface area contributed by atoms with Crippen LogP contribution in [0, 0.1) is 5.82 Å². The largest absolute Gasteiger partial charge is 0.392 e. The van der Waals surface area contributed by atoms with E-state index >= 15 is 0 Å². The number of likely N-dealkylation sites (tertiary alicyclic amines) is 1. The van der Waals surface area contributed by atoms with Crippen molar-refractivity contribution < 1.29 is 9.50 Å². The molecule has 1 atom stereocenters. The highest BCUT2D eigenvalue weighted by atomic mass is 32.1. The summed E-state index contributed by atoms with van der Waals surface area (Å²) >= 11 is 1.35. The zero-order chi connectivity index (χ0) is 16.7. The zero-order valence-corrected chi connectivity index (χ0v) is 13.6. The van der Waals surface area contributed by atoms with Crippen LogP contribution in [0.15, 0.2) is 35.1 Å². The van der Waals surface area contributed by atoms with Gasteiger partial charge in [0.2, 0.25) is 0 Å². The van der Waals surface area contributed by atoms with Crippen molar-refractivity contribution in [2.45, 2.75) is 19.1 Å². The highest BCUT2D eigenvalue weighted by molar-refractivity contribution is 7.22. The van der Waals surface area contributed by atoms with Crippen LogP contribution in [0.2, 0.25) is 0 Å². The second-order valence-corrected chi connectivity index (χ2v) is 7.07. The Morgan fingerprint density at radius 2 is 2.17 bits per heavy atom. The van der Waals surface area contributed by atoms with Gasteiger partial charge in [0.15, 0.2) is 0 Å². The number of fused-ring (bicyclic) bond motifs is 1. The lowest BCUT2D eigenvalue weighted by molar-refractivity contribution is 0.174. The summed E-state index contributed by atoms with van der Waals surface area (Å²) in [5.41, 5.74) is 1.36. The Hall–Kier alpha value is -2.09. The van der Waals surface area contributed by atoms with Gasteiger partial charge in [0.1, 0.15) is 16.3 Å². The van der Waals surface area contributed by atoms with Crippen LogP contribution in [0.3, 0.4) is 0 Å². The molecule has 2 N–H and O–H groups in total. The first-order valence-electron chi connectivity index (χ1n) is 7.77. The zero-order valence-electron chi connectivity index (χ0n) is 12.8. The number of aliphatic hydroxyl groups excluding tert-OH is 1. The van der Waals surface area contributed by atoms with Gasteiger partial charge in [0.25, 0.3) is 5.56 Å². The molecule has 0 aliphatic carbocycles. The maximum Gasteiger partial charge on any atom is 0.268 e. The molecule has 124 valence electrons. The number of rotatable bonds is 3. The smallest absolute Gasteiger partial charge is 0.268 e. The number of aromatic amines is 1. The highest BCUT2D eigenvalue weighted by Crippen LogP contribution is 2.31. The number of benzene rings is 1. The number of halogens is 1. The molecule has 0 amide bonds. The minimum Gasteiger partial charge on any atom is -0.392 e. The van der Waals surface area contributed by atoms with Crippen molar-refractivity contribution in [3.63, 3.8) is 0 Å². The maximum atomic E-state index is 13.1. The van der Waals surface area contributed by atoms with Gasteiger partial charge in [-0.3, -0.25) is 9.69 Å². The lowest BCUT2D eigenvalue weighted by Gasteiger charge is -2.13. The number of H-pyrrole nitrogens is 1. The predicted octanol–water partition coefficient (Wildman–Crippen LogP) is 2.36. The second kappa shape index (κ2) is 6.08. The quantitative estimate of drug-likeness (QED) is 0.765. The van der Waals surface area contributed by atoms with E-state index in [4.69, 9.17) is 0 Å². The molecule has 3 heterocycles. The summed E-state index contributed by atoms with van der Waals surface area (Å²) in [6.45, 7) is 1.92. The molecule has 1 saturated heterocycles. The van der Waals surface area contributed by atoms with E-state index < -0.39 is 0 Å². The Balaban J connectivity index is 1.67. The Morgan fingerprint density at radius 1 is 1.38 bits per heavy atom. The van der Waals surface area contributed by atoms with Gasteiger partial charge in [0, 0.05) is 18.0 Å². The number of nitrogens with one attached hydrogen (secondary N) is 1. The molecule has 4 rings (SSSR count). The first kappa shape index (κ1) is 15.4. The van der Waals surface area contributed by atoms with E-state index in [2.05, 4.69) is 14.9 Å². The molecule has 1 aliphatic rings. The number of hydrogen-bond acceptors (Lipinski definition) is 5. The minimum absolute atomic E-state index is 0.159. The SMILES string of the molecule is O=c1[nH]c(CN2CC[C@H](O)C2)nc2cc(-c3ccc(F)cc3)sc12. The van der Waals surface area contributed by atoms with Crippen LogP contribution in [-0.2, 0) is 6.54 Å². The third kappa shape index (κ3) is 2.98. The van der Waals surface area contributed by atoms with Gasteiger partial charge in [-0.05, 0) is 30.2 Å². The van der Waals surface area contributed by atoms with Gasteiger partial charge in [-0.25, -0.2) is 9.37 Å². The fraction of sp³-hybridized carbons (Fsp3) is 0.294. The van der Waals surface area contributed by atoms with Gasteiger partial charge in [-0.15, -0.1) is 11.3 Å². The molecule has 3 aromatic rings. The van der Waals surface area contributed by atoms with Crippen molar-refractivity contribution in [2.24, 2.45) is 0 Å². The molecule has 24 heavy (non-hydrogen) atoms. The molecule has 0 unspecified atom stereocenters. The topological polar surface area (TPSA) is 69.2 Å². The lowest BCUT2D eigenvalue weighted by atomic mass is 10.2. The summed E-state index contributed by atoms with van der Waals surface area (Å²) in [5.74, 6) is 0.316. The van der Waals surface area contributed by atoms with Gasteiger partial charge >= 0.3 is 0 Å². The highest BCUT2D eigenvalue weighted by Gasteiger charge is 2.21. The molecular weight excluding hydrogens is 329 g/mol. The fourth-order valence-electron chi connectivity index (χ4n) is 2.99. The molecule has 1 aliphatic heterocycles. The normalized spacial score (nSPS) is 18.5. The van der Waals surface area contributed by atoms with Crippen LogP contribution in [0.1, 0.15) is 12.2 Å². The first-order chi connectivity index (χ1) is 11.6. The monoisotopic (exact) mass is 345 g/mol. The third-order valence-corrected chi connectivity index (χ3v) is 5.35. The number of hydrogen-bond donors (Lipinski definition) is 2. The summed E-state index contributed by atoms with van der Waals surface area (Å²) in [5, 5.41) is 9.59. The average molecular weight is 345 g/mol. The van der Waals surface area contributed by atoms with E-state index in [1.807, 2.05) is 6.07 Å². The first-order valence-corrected chi connectivity index (χ1v) is 8.59. The molecule has 0 radical (unpaired) electrons. The Labute approximate surface area is 141 Å². The van der Waals surface area contributed by atoms with Crippen LogP contribution in [-0.4, -0.2) is 39.2 Å². The molecule has 1 aromatic carbocycles. The number of aliphatic hydroxyl groups is 1. The molecule has 0 bridgehead atoms. The van der Waals surface area contributed by atoms with Crippen molar-refractivity contribution in [3.8, 4) is 10.4 Å². The fourth-order valence-corrected chi connectivity index (χ4v) is 3.98. The number of β-amino-alcohol motifs (C(OH)–C–C–N with tert-alkyl or cyclic N) is 1. The van der Waals surface area contributed by atoms with Gasteiger partial charge < -0.3 is 10.1 Å². The van der Waals surface area contributed by atoms with Crippen molar-refractivity contribution in [2.75, 3.05) is 13.1 Å². The van der Waals surface area contributed by atoms with E-state index in [0.29, 0.717) is 29.1 Å². The number of aromatic nitrogens is 2. The summed E-state index contributed by atoms with van der Waals surface area (Å²) in [6.07, 6.45) is 0.450. The lowest BCUT2D eigenvalue weighted by Crippen LogP contribution is -2.24. The minimum atomic E-state index is -0.299. The summed E-state index contributed by atoms with van der Waals surface area (Å²) < 4.78 is 13.6. The van der Waals surface area contributed by atoms with E-state index in [9.17, 15) is 14.3 Å². The van der Waals surface area contributed by atoms with Crippen molar-refractivity contribution >= 4 is 21.6 Å². The van der Waals surface area contributed by atoms with Crippen LogP contribution in [0.4, 0.5) is 4.39 Å². The van der Waals surface area contributed by atoms with Gasteiger partial charge in [0.05, 0.1) is 18.2 Å². The molecular formula is C17H16FN3O2S. The van der Waals surface area contributed by atoms with Gasteiger partial charge in [-0.1, -0.05) is 12.1 Å². The molecule has 1 fully saturated rings. The van der Waals surface area contributed by atoms with Crippen molar-refractivity contribution in [3.05, 3.63) is 52.3 Å². The van der Waals surface area contributed by atoms with Crippen molar-refractivity contribution in [1.82, 2.24) is 14.9 Å². The second-order valence-electron chi connectivity index (χ2n) is 6.02. The van der Waals surface area contributed by atoms with Gasteiger partial charge in [-0.2, -0.15) is 0 Å². The van der Waals surface area contributed by atoms with E-state index in [1.165, 1.54) is 23.5 Å². The molecule has 5 nitrogen and oxygen atoms in total. The standard InChI is InChI=1S/C17H16FN3O2S/c18-11-3-1-10(2-4-11)14-7-13-16(24-14)17(23)20-15(19-13)9-21-6-5-12(22)8-21/h1-4,7,12,22H,5-6,8-9H2,(H,19,20,23)/t12-/m0/s1. The van der Waals surface area contributed by atoms with Crippen molar-refractivity contribution in [1.29, 1.82) is 0 Å². The summed E-state index contributed by atoms with van der Waals surface area (Å²) in [6, 6.07) is 8.06. The number of nitrogens with zero attached hydrogens (tertiary/aromatic N) is 2. The van der Waals surface area contributed by atoms with Crippen LogP contribution in [0.5, 0.6) is 0 Å². The predicted molar refractivity (Wildman–Crippen MR) is 91.5 cm³/mol. The summed E-state index contributed by atoms with van der Waals surface area (Å²) in [4.78, 5) is 22.7. The molecule has 2 aromatic heterocycles. The van der Waals surface area contributed by atoms with E-state index in [1.54, 1.807) is 12.1 Å².